The Morgan fingerprint density at radius 1 is 1.30 bits per heavy atom. The third-order valence-electron chi connectivity index (χ3n) is 4.58. The molecule has 1 aromatic carbocycles. The summed E-state index contributed by atoms with van der Waals surface area (Å²) in [5, 5.41) is 16.8. The Kier molecular flexibility index (Phi) is 7.99. The minimum atomic E-state index is -0.730. The molecule has 0 saturated carbocycles. The molecular formula is C22H29N3O2. The Balaban J connectivity index is 1.86. The van der Waals surface area contributed by atoms with E-state index in [1.165, 1.54) is 5.56 Å². The zero-order valence-corrected chi connectivity index (χ0v) is 15.9. The van der Waals surface area contributed by atoms with Crippen LogP contribution in [-0.4, -0.2) is 22.7 Å². The van der Waals surface area contributed by atoms with Crippen LogP contribution in [0.5, 0.6) is 0 Å². The molecule has 1 unspecified atom stereocenters. The fraction of sp³-hybridized carbons (Fsp3) is 0.409. The summed E-state index contributed by atoms with van der Waals surface area (Å²) in [6.45, 7) is 2.14. The summed E-state index contributed by atoms with van der Waals surface area (Å²) < 4.78 is 0. The van der Waals surface area contributed by atoms with Crippen molar-refractivity contribution in [2.45, 2.75) is 51.9 Å². The van der Waals surface area contributed by atoms with E-state index in [0.29, 0.717) is 18.2 Å². The zero-order chi connectivity index (χ0) is 19.6. The highest BCUT2D eigenvalue weighted by Gasteiger charge is 2.08. The number of rotatable bonds is 9. The molecule has 0 radical (unpaired) electrons. The summed E-state index contributed by atoms with van der Waals surface area (Å²) in [6, 6.07) is 8.22. The Morgan fingerprint density at radius 3 is 2.78 bits per heavy atom. The molecule has 0 amide bonds. The quantitative estimate of drug-likeness (QED) is 0.345. The van der Waals surface area contributed by atoms with E-state index in [2.05, 4.69) is 30.1 Å². The van der Waals surface area contributed by atoms with E-state index in [0.717, 1.165) is 43.2 Å². The lowest BCUT2D eigenvalue weighted by Crippen LogP contribution is -2.18. The highest BCUT2D eigenvalue weighted by molar-refractivity contribution is 6.06. The van der Waals surface area contributed by atoms with Crippen molar-refractivity contribution in [3.05, 3.63) is 59.2 Å². The number of hydrogen-bond donors (Lipinski definition) is 3. The van der Waals surface area contributed by atoms with Gasteiger partial charge >= 0.3 is 5.97 Å². The van der Waals surface area contributed by atoms with Crippen molar-refractivity contribution < 1.29 is 9.90 Å². The molecule has 0 heterocycles. The van der Waals surface area contributed by atoms with Crippen molar-refractivity contribution >= 4 is 17.6 Å². The number of carboxylic acids is 1. The van der Waals surface area contributed by atoms with Crippen molar-refractivity contribution in [2.75, 3.05) is 0 Å². The first-order valence-corrected chi connectivity index (χ1v) is 9.54. The third kappa shape index (κ3) is 7.60. The van der Waals surface area contributed by atoms with E-state index in [-0.39, 0.29) is 12.3 Å². The van der Waals surface area contributed by atoms with Crippen molar-refractivity contribution in [3.8, 4) is 0 Å². The maximum Gasteiger partial charge on any atom is 0.303 e. The molecule has 0 saturated heterocycles. The van der Waals surface area contributed by atoms with Crippen molar-refractivity contribution in [1.82, 2.24) is 0 Å². The molecule has 5 nitrogen and oxygen atoms in total. The molecule has 144 valence electrons. The van der Waals surface area contributed by atoms with E-state index in [4.69, 9.17) is 16.2 Å². The van der Waals surface area contributed by atoms with E-state index >= 15 is 0 Å². The number of carboxylic acid groups (broad SMARTS) is 1. The molecule has 2 rings (SSSR count). The predicted octanol–water partition coefficient (Wildman–Crippen LogP) is 4.27. The first kappa shape index (κ1) is 20.6. The Bertz CT molecular complexity index is 763. The van der Waals surface area contributed by atoms with Gasteiger partial charge in [0.25, 0.3) is 0 Å². The SMILES string of the molecule is CC1C=CC(C(=N)N=C(N)Cc2cccc(CCCCCC(=O)O)c2)=CC1. The van der Waals surface area contributed by atoms with Gasteiger partial charge in [0, 0.05) is 18.4 Å². The molecule has 1 aliphatic carbocycles. The molecule has 27 heavy (non-hydrogen) atoms. The number of nitrogens with one attached hydrogen (secondary N) is 1. The standard InChI is InChI=1S/C22H29N3O2/c1-16-10-12-19(13-11-16)22(24)25-20(23)15-18-8-5-7-17(14-18)6-3-2-4-9-21(26)27/h5,7-8,10,12-14,16H,2-4,6,9,11,15H2,1H3,(H,26,27)(H3,23,24,25). The van der Waals surface area contributed by atoms with E-state index in [9.17, 15) is 4.79 Å². The smallest absolute Gasteiger partial charge is 0.303 e. The van der Waals surface area contributed by atoms with Gasteiger partial charge in [-0.15, -0.1) is 0 Å². The number of unbranched alkanes of at least 4 members (excludes halogenated alkanes) is 2. The number of nitrogens with zero attached hydrogens (tertiary/aromatic N) is 1. The van der Waals surface area contributed by atoms with Gasteiger partial charge < -0.3 is 10.8 Å². The summed E-state index contributed by atoms with van der Waals surface area (Å²) in [6.07, 6.45) is 11.3. The lowest BCUT2D eigenvalue weighted by molar-refractivity contribution is -0.137. The predicted molar refractivity (Wildman–Crippen MR) is 110 cm³/mol. The van der Waals surface area contributed by atoms with Crippen LogP contribution >= 0.6 is 0 Å². The molecule has 0 spiro atoms. The highest BCUT2D eigenvalue weighted by Crippen LogP contribution is 2.17. The van der Waals surface area contributed by atoms with Gasteiger partial charge in [-0.2, -0.15) is 0 Å². The fourth-order valence-electron chi connectivity index (χ4n) is 3.04. The number of carbonyl (C=O) groups is 1. The molecule has 0 bridgehead atoms. The monoisotopic (exact) mass is 367 g/mol. The second-order valence-corrected chi connectivity index (χ2v) is 7.13. The number of amidine groups is 2. The molecule has 0 aliphatic heterocycles. The summed E-state index contributed by atoms with van der Waals surface area (Å²) in [7, 11) is 0. The first-order valence-electron chi connectivity index (χ1n) is 9.54. The van der Waals surface area contributed by atoms with Gasteiger partial charge in [0.15, 0.2) is 5.84 Å². The Labute approximate surface area is 161 Å². The number of benzene rings is 1. The molecule has 1 atom stereocenters. The molecule has 5 heteroatoms. The maximum absolute atomic E-state index is 10.5. The fourth-order valence-corrected chi connectivity index (χ4v) is 3.04. The second-order valence-electron chi connectivity index (χ2n) is 7.13. The van der Waals surface area contributed by atoms with Crippen LogP contribution < -0.4 is 5.73 Å². The van der Waals surface area contributed by atoms with Crippen LogP contribution in [-0.2, 0) is 17.6 Å². The number of allylic oxidation sites excluding steroid dienone is 2. The van der Waals surface area contributed by atoms with Gasteiger partial charge in [0.05, 0.1) is 0 Å². The van der Waals surface area contributed by atoms with Crippen molar-refractivity contribution in [2.24, 2.45) is 16.6 Å². The van der Waals surface area contributed by atoms with Crippen LogP contribution in [0.15, 0.2) is 53.1 Å². The van der Waals surface area contributed by atoms with Crippen LogP contribution in [0.4, 0.5) is 0 Å². The molecule has 4 N–H and O–H groups in total. The average Bonchev–Trinajstić information content (AvgIpc) is 2.62. The minimum absolute atomic E-state index is 0.213. The van der Waals surface area contributed by atoms with Gasteiger partial charge in [-0.25, -0.2) is 4.99 Å². The number of hydrogen-bond acceptors (Lipinski definition) is 2. The molecule has 1 aliphatic rings. The van der Waals surface area contributed by atoms with Crippen molar-refractivity contribution in [3.63, 3.8) is 0 Å². The minimum Gasteiger partial charge on any atom is -0.481 e. The van der Waals surface area contributed by atoms with E-state index in [1.807, 2.05) is 24.3 Å². The summed E-state index contributed by atoms with van der Waals surface area (Å²) >= 11 is 0. The normalized spacial score (nSPS) is 16.9. The zero-order valence-electron chi connectivity index (χ0n) is 15.9. The number of aliphatic carboxylic acids is 1. The second kappa shape index (κ2) is 10.5. The number of aryl methyl sites for hydroxylation is 1. The summed E-state index contributed by atoms with van der Waals surface area (Å²) in [5.74, 6) is 0.429. The van der Waals surface area contributed by atoms with E-state index < -0.39 is 5.97 Å². The van der Waals surface area contributed by atoms with Gasteiger partial charge in [-0.3, -0.25) is 10.2 Å². The van der Waals surface area contributed by atoms with Crippen LogP contribution in [0.1, 0.15) is 50.2 Å². The van der Waals surface area contributed by atoms with Gasteiger partial charge in [-0.1, -0.05) is 55.8 Å². The maximum atomic E-state index is 10.5. The highest BCUT2D eigenvalue weighted by atomic mass is 16.4. The van der Waals surface area contributed by atoms with Crippen LogP contribution in [0.2, 0.25) is 0 Å². The van der Waals surface area contributed by atoms with Gasteiger partial charge in [-0.05, 0) is 42.7 Å². The van der Waals surface area contributed by atoms with Gasteiger partial charge in [0.1, 0.15) is 5.84 Å². The molecule has 1 aromatic rings. The molecular weight excluding hydrogens is 338 g/mol. The lowest BCUT2D eigenvalue weighted by Gasteiger charge is -2.11. The molecule has 0 fully saturated rings. The third-order valence-corrected chi connectivity index (χ3v) is 4.58. The number of aliphatic imine (C=N–C) groups is 1. The van der Waals surface area contributed by atoms with Gasteiger partial charge in [0.2, 0.25) is 0 Å². The lowest BCUT2D eigenvalue weighted by atomic mass is 9.98. The topological polar surface area (TPSA) is 99.5 Å². The van der Waals surface area contributed by atoms with E-state index in [1.54, 1.807) is 0 Å². The molecule has 0 aromatic heterocycles. The largest absolute Gasteiger partial charge is 0.481 e. The first-order chi connectivity index (χ1) is 12.9. The number of nitrogens with two attached hydrogens (primary N) is 1. The van der Waals surface area contributed by atoms with Crippen LogP contribution in [0.25, 0.3) is 0 Å². The average molecular weight is 367 g/mol. The van der Waals surface area contributed by atoms with Crippen LogP contribution in [0, 0.1) is 11.3 Å². The van der Waals surface area contributed by atoms with Crippen molar-refractivity contribution in [1.29, 1.82) is 5.41 Å². The van der Waals surface area contributed by atoms with Crippen LogP contribution in [0.3, 0.4) is 0 Å². The Hall–Kier alpha value is -2.69. The Morgan fingerprint density at radius 2 is 2.07 bits per heavy atom. The summed E-state index contributed by atoms with van der Waals surface area (Å²) in [5.41, 5.74) is 9.18. The summed E-state index contributed by atoms with van der Waals surface area (Å²) in [4.78, 5) is 14.8.